The lowest BCUT2D eigenvalue weighted by Gasteiger charge is -2.34. The van der Waals surface area contributed by atoms with Crippen molar-refractivity contribution in [3.63, 3.8) is 0 Å². The molecule has 182 valence electrons. The first kappa shape index (κ1) is 27.9. The third kappa shape index (κ3) is 9.49. The maximum Gasteiger partial charge on any atom is 0.127 e. The topological polar surface area (TPSA) is 24.9 Å². The van der Waals surface area contributed by atoms with Crippen LogP contribution in [-0.4, -0.2) is 55.7 Å². The Kier molecular flexibility index (Phi) is 12.8. The third-order valence-corrected chi connectivity index (χ3v) is 5.64. The predicted octanol–water partition coefficient (Wildman–Crippen LogP) is 6.17. The molecule has 1 saturated heterocycles. The molecule has 0 saturated carbocycles. The Morgan fingerprint density at radius 1 is 0.706 bits per heavy atom. The first-order valence-corrected chi connectivity index (χ1v) is 11.4. The van der Waals surface area contributed by atoms with Crippen LogP contribution in [0.4, 0.5) is 0 Å². The Bertz CT molecular complexity index is 962. The highest BCUT2D eigenvalue weighted by Crippen LogP contribution is 2.22. The van der Waals surface area contributed by atoms with Gasteiger partial charge in [-0.1, -0.05) is 72.8 Å². The summed E-state index contributed by atoms with van der Waals surface area (Å²) < 4.78 is 11.9. The van der Waals surface area contributed by atoms with E-state index >= 15 is 0 Å². The molecule has 3 aromatic rings. The van der Waals surface area contributed by atoms with Gasteiger partial charge < -0.3 is 9.47 Å². The molecule has 34 heavy (non-hydrogen) atoms. The van der Waals surface area contributed by atoms with Gasteiger partial charge in [0.1, 0.15) is 11.5 Å². The molecule has 4 rings (SSSR count). The summed E-state index contributed by atoms with van der Waals surface area (Å²) in [7, 11) is 0. The number of hydrogen-bond acceptors (Lipinski definition) is 4. The van der Waals surface area contributed by atoms with Crippen LogP contribution in [-0.2, 0) is 11.3 Å². The maximum absolute atomic E-state index is 5.95. The van der Waals surface area contributed by atoms with Crippen LogP contribution >= 0.6 is 24.8 Å². The summed E-state index contributed by atoms with van der Waals surface area (Å²) in [5.41, 5.74) is 2.40. The minimum atomic E-state index is 0. The highest BCUT2D eigenvalue weighted by Gasteiger charge is 2.15. The second-order valence-electron chi connectivity index (χ2n) is 8.07. The summed E-state index contributed by atoms with van der Waals surface area (Å²) >= 11 is 0. The van der Waals surface area contributed by atoms with E-state index in [4.69, 9.17) is 9.47 Å². The van der Waals surface area contributed by atoms with Crippen molar-refractivity contribution in [1.82, 2.24) is 9.80 Å². The molecule has 0 radical (unpaired) electrons. The summed E-state index contributed by atoms with van der Waals surface area (Å²) in [6.07, 6.45) is 4.48. The highest BCUT2D eigenvalue weighted by molar-refractivity contribution is 5.85. The van der Waals surface area contributed by atoms with E-state index in [2.05, 4.69) is 64.4 Å². The van der Waals surface area contributed by atoms with Crippen molar-refractivity contribution in [2.24, 2.45) is 0 Å². The van der Waals surface area contributed by atoms with Gasteiger partial charge in [-0.3, -0.25) is 9.80 Å². The fraction of sp³-hybridized carbons (Fsp3) is 0.286. The van der Waals surface area contributed by atoms with Crippen LogP contribution in [0.3, 0.4) is 0 Å². The fourth-order valence-electron chi connectivity index (χ4n) is 3.80. The van der Waals surface area contributed by atoms with Crippen molar-refractivity contribution in [2.45, 2.75) is 6.61 Å². The van der Waals surface area contributed by atoms with Gasteiger partial charge in [-0.25, -0.2) is 0 Å². The molecular weight excluding hydrogens is 467 g/mol. The van der Waals surface area contributed by atoms with Gasteiger partial charge in [-0.05, 0) is 35.4 Å². The van der Waals surface area contributed by atoms with Crippen LogP contribution in [0, 0.1) is 0 Å². The van der Waals surface area contributed by atoms with Gasteiger partial charge in [0, 0.05) is 39.3 Å². The SMILES string of the molecule is C(=Cc1ccccc1)CN1CCN(CCOCc2cccc(Oc3ccccc3)c2)CC1.Cl.Cl. The Labute approximate surface area is 216 Å². The van der Waals surface area contributed by atoms with Gasteiger partial charge in [0.25, 0.3) is 0 Å². The fourth-order valence-corrected chi connectivity index (χ4v) is 3.80. The second-order valence-corrected chi connectivity index (χ2v) is 8.07. The molecule has 1 heterocycles. The summed E-state index contributed by atoms with van der Waals surface area (Å²) in [5.74, 6) is 1.69. The molecule has 3 aromatic carbocycles. The van der Waals surface area contributed by atoms with Crippen molar-refractivity contribution in [2.75, 3.05) is 45.9 Å². The van der Waals surface area contributed by atoms with E-state index in [0.29, 0.717) is 6.61 Å². The van der Waals surface area contributed by atoms with Crippen molar-refractivity contribution in [3.8, 4) is 11.5 Å². The van der Waals surface area contributed by atoms with E-state index in [1.807, 2.05) is 42.5 Å². The van der Waals surface area contributed by atoms with Crippen LogP contribution in [0.1, 0.15) is 11.1 Å². The first-order valence-electron chi connectivity index (χ1n) is 11.4. The van der Waals surface area contributed by atoms with Crippen molar-refractivity contribution in [3.05, 3.63) is 102 Å². The molecule has 0 N–H and O–H groups in total. The van der Waals surface area contributed by atoms with Crippen LogP contribution < -0.4 is 4.74 Å². The predicted molar refractivity (Wildman–Crippen MR) is 145 cm³/mol. The summed E-state index contributed by atoms with van der Waals surface area (Å²) in [6.45, 7) is 7.77. The summed E-state index contributed by atoms with van der Waals surface area (Å²) in [5, 5.41) is 0. The molecule has 1 aliphatic rings. The van der Waals surface area contributed by atoms with Crippen molar-refractivity contribution < 1.29 is 9.47 Å². The lowest BCUT2D eigenvalue weighted by molar-refractivity contribution is 0.0710. The molecule has 0 amide bonds. The number of piperazine rings is 1. The Morgan fingerprint density at radius 2 is 1.35 bits per heavy atom. The largest absolute Gasteiger partial charge is 0.457 e. The maximum atomic E-state index is 5.95. The quantitative estimate of drug-likeness (QED) is 0.310. The zero-order chi connectivity index (χ0) is 21.8. The minimum Gasteiger partial charge on any atom is -0.457 e. The zero-order valence-corrected chi connectivity index (χ0v) is 21.1. The molecule has 0 aromatic heterocycles. The van der Waals surface area contributed by atoms with Crippen LogP contribution in [0.5, 0.6) is 11.5 Å². The van der Waals surface area contributed by atoms with Crippen molar-refractivity contribution in [1.29, 1.82) is 0 Å². The standard InChI is InChI=1S/C28H32N2O2.2ClH/c1-3-9-25(10-4-1)12-8-16-29-17-19-30(20-18-29)21-22-31-24-26-11-7-15-28(23-26)32-27-13-5-2-6-14-27;;/h1-15,23H,16-22,24H2;2*1H. The van der Waals surface area contributed by atoms with E-state index < -0.39 is 0 Å². The number of halogens is 2. The van der Waals surface area contributed by atoms with E-state index in [9.17, 15) is 0 Å². The normalized spacial score (nSPS) is 14.4. The van der Waals surface area contributed by atoms with E-state index in [0.717, 1.165) is 62.9 Å². The lowest BCUT2D eigenvalue weighted by Crippen LogP contribution is -2.47. The molecule has 0 aliphatic carbocycles. The molecular formula is C28H34Cl2N2O2. The van der Waals surface area contributed by atoms with Gasteiger partial charge in [0.2, 0.25) is 0 Å². The number of hydrogen-bond donors (Lipinski definition) is 0. The number of para-hydroxylation sites is 1. The Hall–Kier alpha value is -2.34. The summed E-state index contributed by atoms with van der Waals surface area (Å²) in [4.78, 5) is 5.00. The van der Waals surface area contributed by atoms with Crippen LogP contribution in [0.2, 0.25) is 0 Å². The summed E-state index contributed by atoms with van der Waals surface area (Å²) in [6, 6.07) is 28.5. The van der Waals surface area contributed by atoms with E-state index in [-0.39, 0.29) is 24.8 Å². The monoisotopic (exact) mass is 500 g/mol. The van der Waals surface area contributed by atoms with Crippen molar-refractivity contribution >= 4 is 30.9 Å². The smallest absolute Gasteiger partial charge is 0.127 e. The molecule has 6 heteroatoms. The average molecular weight is 501 g/mol. The molecule has 0 unspecified atom stereocenters. The van der Waals surface area contributed by atoms with Gasteiger partial charge in [-0.2, -0.15) is 0 Å². The lowest BCUT2D eigenvalue weighted by atomic mass is 10.2. The molecule has 4 nitrogen and oxygen atoms in total. The number of ether oxygens (including phenoxy) is 2. The van der Waals surface area contributed by atoms with Gasteiger partial charge >= 0.3 is 0 Å². The Morgan fingerprint density at radius 3 is 2.09 bits per heavy atom. The molecule has 1 aliphatic heterocycles. The third-order valence-electron chi connectivity index (χ3n) is 5.64. The number of rotatable bonds is 10. The first-order chi connectivity index (χ1) is 15.8. The van der Waals surface area contributed by atoms with Gasteiger partial charge in [0.15, 0.2) is 0 Å². The molecule has 0 bridgehead atoms. The molecule has 0 atom stereocenters. The molecule has 0 spiro atoms. The zero-order valence-electron chi connectivity index (χ0n) is 19.4. The van der Waals surface area contributed by atoms with Gasteiger partial charge in [0.05, 0.1) is 13.2 Å². The van der Waals surface area contributed by atoms with E-state index in [1.54, 1.807) is 0 Å². The van der Waals surface area contributed by atoms with E-state index in [1.165, 1.54) is 5.56 Å². The minimum absolute atomic E-state index is 0. The average Bonchev–Trinajstić information content (AvgIpc) is 2.84. The van der Waals surface area contributed by atoms with Gasteiger partial charge in [-0.15, -0.1) is 24.8 Å². The highest BCUT2D eigenvalue weighted by atomic mass is 35.5. The molecule has 1 fully saturated rings. The number of nitrogens with zero attached hydrogens (tertiary/aromatic N) is 2. The Balaban J connectivity index is 0.00000204. The van der Waals surface area contributed by atoms with Crippen LogP contribution in [0.25, 0.3) is 6.08 Å². The van der Waals surface area contributed by atoms with Crippen LogP contribution in [0.15, 0.2) is 91.0 Å². The second kappa shape index (κ2) is 15.5. The number of benzene rings is 3.